The Morgan fingerprint density at radius 3 is 2.62 bits per heavy atom. The van der Waals surface area contributed by atoms with Gasteiger partial charge in [0.1, 0.15) is 11.6 Å². The van der Waals surface area contributed by atoms with E-state index in [9.17, 15) is 4.39 Å². The summed E-state index contributed by atoms with van der Waals surface area (Å²) in [5.74, 6) is 1.41. The molecule has 0 bridgehead atoms. The maximum atomic E-state index is 13.0. The monoisotopic (exact) mass is 390 g/mol. The molecule has 0 aliphatic carbocycles. The van der Waals surface area contributed by atoms with Gasteiger partial charge in [0.2, 0.25) is 0 Å². The van der Waals surface area contributed by atoms with Crippen molar-refractivity contribution in [2.45, 2.75) is 25.8 Å². The van der Waals surface area contributed by atoms with E-state index in [1.807, 2.05) is 12.1 Å². The smallest absolute Gasteiger partial charge is 0.259 e. The van der Waals surface area contributed by atoms with Gasteiger partial charge in [-0.1, -0.05) is 17.3 Å². The molecular formula is C21H19FN6O. The highest BCUT2D eigenvalue weighted by atomic mass is 19.1. The minimum atomic E-state index is -0.270. The Morgan fingerprint density at radius 2 is 1.90 bits per heavy atom. The Bertz CT molecular complexity index is 1050. The van der Waals surface area contributed by atoms with Gasteiger partial charge in [-0.2, -0.15) is 4.98 Å². The average Bonchev–Trinajstić information content (AvgIpc) is 3.19. The number of halogens is 1. The van der Waals surface area contributed by atoms with Crippen LogP contribution in [-0.4, -0.2) is 31.1 Å². The normalized spacial score (nSPS) is 11.9. The molecule has 0 aliphatic heterocycles. The number of nitrogens with zero attached hydrogens (tertiary/aromatic N) is 5. The predicted octanol–water partition coefficient (Wildman–Crippen LogP) is 3.69. The molecule has 146 valence electrons. The number of rotatable bonds is 7. The molecule has 1 aromatic carbocycles. The Hall–Kier alpha value is -3.68. The van der Waals surface area contributed by atoms with Gasteiger partial charge in [-0.25, -0.2) is 9.37 Å². The van der Waals surface area contributed by atoms with Crippen LogP contribution < -0.4 is 5.32 Å². The zero-order chi connectivity index (χ0) is 20.1. The first-order valence-corrected chi connectivity index (χ1v) is 9.20. The van der Waals surface area contributed by atoms with Crippen molar-refractivity contribution in [1.82, 2.24) is 25.1 Å². The van der Waals surface area contributed by atoms with Crippen LogP contribution in [-0.2, 0) is 12.8 Å². The van der Waals surface area contributed by atoms with Gasteiger partial charge >= 0.3 is 0 Å². The lowest BCUT2D eigenvalue weighted by molar-refractivity contribution is 0.424. The van der Waals surface area contributed by atoms with Crippen molar-refractivity contribution in [2.75, 3.05) is 5.32 Å². The highest BCUT2D eigenvalue weighted by Gasteiger charge is 2.11. The minimum Gasteiger partial charge on any atom is -0.367 e. The predicted molar refractivity (Wildman–Crippen MR) is 106 cm³/mol. The molecule has 4 rings (SSSR count). The topological polar surface area (TPSA) is 89.6 Å². The second kappa shape index (κ2) is 8.55. The van der Waals surface area contributed by atoms with Crippen molar-refractivity contribution in [2.24, 2.45) is 0 Å². The van der Waals surface area contributed by atoms with E-state index in [2.05, 4.69) is 37.3 Å². The molecule has 0 amide bonds. The summed E-state index contributed by atoms with van der Waals surface area (Å²) in [7, 11) is 0. The SMILES string of the molecule is CC(Cc1cnccn1)Nc1ccc(-c2nc(Cc3ccc(F)cc3)no2)cn1. The van der Waals surface area contributed by atoms with Crippen LogP contribution in [0.15, 0.2) is 65.7 Å². The molecule has 1 unspecified atom stereocenters. The molecular weight excluding hydrogens is 371 g/mol. The second-order valence-corrected chi connectivity index (χ2v) is 6.70. The molecule has 8 heteroatoms. The fraction of sp³-hybridized carbons (Fsp3) is 0.190. The molecule has 3 heterocycles. The van der Waals surface area contributed by atoms with E-state index < -0.39 is 0 Å². The van der Waals surface area contributed by atoms with Gasteiger partial charge in [-0.3, -0.25) is 9.97 Å². The fourth-order valence-corrected chi connectivity index (χ4v) is 2.89. The van der Waals surface area contributed by atoms with Crippen LogP contribution in [0.2, 0.25) is 0 Å². The lowest BCUT2D eigenvalue weighted by Crippen LogP contribution is -2.19. The maximum Gasteiger partial charge on any atom is 0.259 e. The maximum absolute atomic E-state index is 13.0. The van der Waals surface area contributed by atoms with Crippen LogP contribution in [0.25, 0.3) is 11.5 Å². The summed E-state index contributed by atoms with van der Waals surface area (Å²) in [5.41, 5.74) is 2.56. The van der Waals surface area contributed by atoms with E-state index in [0.717, 1.165) is 29.1 Å². The van der Waals surface area contributed by atoms with E-state index in [-0.39, 0.29) is 11.9 Å². The summed E-state index contributed by atoms with van der Waals surface area (Å²) in [6.07, 6.45) is 8.00. The summed E-state index contributed by atoms with van der Waals surface area (Å²) in [4.78, 5) is 17.2. The van der Waals surface area contributed by atoms with Crippen molar-refractivity contribution in [3.05, 3.63) is 84.1 Å². The summed E-state index contributed by atoms with van der Waals surface area (Å²) in [6.45, 7) is 2.06. The number of hydrogen-bond acceptors (Lipinski definition) is 7. The van der Waals surface area contributed by atoms with Gasteiger partial charge in [-0.15, -0.1) is 0 Å². The average molecular weight is 390 g/mol. The van der Waals surface area contributed by atoms with E-state index in [1.165, 1.54) is 12.1 Å². The van der Waals surface area contributed by atoms with E-state index in [4.69, 9.17) is 4.52 Å². The van der Waals surface area contributed by atoms with Crippen LogP contribution >= 0.6 is 0 Å². The first kappa shape index (κ1) is 18.7. The Labute approximate surface area is 167 Å². The molecule has 0 fully saturated rings. The number of aromatic nitrogens is 5. The largest absolute Gasteiger partial charge is 0.367 e. The molecule has 7 nitrogen and oxygen atoms in total. The summed E-state index contributed by atoms with van der Waals surface area (Å²) in [6, 6.07) is 10.1. The van der Waals surface area contributed by atoms with Crippen molar-refractivity contribution in [3.63, 3.8) is 0 Å². The molecule has 29 heavy (non-hydrogen) atoms. The quantitative estimate of drug-likeness (QED) is 0.515. The van der Waals surface area contributed by atoms with Crippen molar-refractivity contribution in [1.29, 1.82) is 0 Å². The Balaban J connectivity index is 1.37. The zero-order valence-electron chi connectivity index (χ0n) is 15.8. The third kappa shape index (κ3) is 4.98. The molecule has 0 radical (unpaired) electrons. The van der Waals surface area contributed by atoms with Crippen molar-refractivity contribution in [3.8, 4) is 11.5 Å². The van der Waals surface area contributed by atoms with Crippen LogP contribution in [0, 0.1) is 5.82 Å². The summed E-state index contributed by atoms with van der Waals surface area (Å²) >= 11 is 0. The minimum absolute atomic E-state index is 0.149. The van der Waals surface area contributed by atoms with Gasteiger partial charge in [-0.05, 0) is 36.8 Å². The van der Waals surface area contributed by atoms with Crippen molar-refractivity contribution >= 4 is 5.82 Å². The first-order valence-electron chi connectivity index (χ1n) is 9.20. The third-order valence-electron chi connectivity index (χ3n) is 4.28. The standard InChI is InChI=1S/C21H19FN6O/c1-14(10-18-13-23-8-9-24-18)26-19-7-4-16(12-25-19)21-27-20(28-29-21)11-15-2-5-17(22)6-3-15/h2-9,12-14H,10-11H2,1H3,(H,25,26). The highest BCUT2D eigenvalue weighted by Crippen LogP contribution is 2.19. The molecule has 1 N–H and O–H groups in total. The lowest BCUT2D eigenvalue weighted by atomic mass is 10.1. The molecule has 0 spiro atoms. The molecule has 3 aromatic heterocycles. The zero-order valence-corrected chi connectivity index (χ0v) is 15.8. The van der Waals surface area contributed by atoms with Crippen LogP contribution in [0.1, 0.15) is 24.0 Å². The van der Waals surface area contributed by atoms with Crippen molar-refractivity contribution < 1.29 is 8.91 Å². The third-order valence-corrected chi connectivity index (χ3v) is 4.28. The number of pyridine rings is 1. The summed E-state index contributed by atoms with van der Waals surface area (Å²) < 4.78 is 18.3. The lowest BCUT2D eigenvalue weighted by Gasteiger charge is -2.13. The van der Waals surface area contributed by atoms with E-state index in [0.29, 0.717) is 18.1 Å². The fourth-order valence-electron chi connectivity index (χ4n) is 2.89. The van der Waals surface area contributed by atoms with Crippen LogP contribution in [0.5, 0.6) is 0 Å². The molecule has 1 atom stereocenters. The number of hydrogen-bond donors (Lipinski definition) is 1. The van der Waals surface area contributed by atoms with E-state index in [1.54, 1.807) is 36.9 Å². The van der Waals surface area contributed by atoms with Crippen LogP contribution in [0.4, 0.5) is 10.2 Å². The van der Waals surface area contributed by atoms with Gasteiger partial charge in [0, 0.05) is 43.7 Å². The second-order valence-electron chi connectivity index (χ2n) is 6.70. The molecule has 4 aromatic rings. The van der Waals surface area contributed by atoms with Gasteiger partial charge in [0.05, 0.1) is 11.3 Å². The van der Waals surface area contributed by atoms with Gasteiger partial charge < -0.3 is 9.84 Å². The number of benzene rings is 1. The Kier molecular flexibility index (Phi) is 5.51. The number of nitrogens with one attached hydrogen (secondary N) is 1. The molecule has 0 saturated carbocycles. The summed E-state index contributed by atoms with van der Waals surface area (Å²) in [5, 5.41) is 7.33. The van der Waals surface area contributed by atoms with Crippen LogP contribution in [0.3, 0.4) is 0 Å². The van der Waals surface area contributed by atoms with Gasteiger partial charge in [0.15, 0.2) is 5.82 Å². The number of anilines is 1. The molecule has 0 saturated heterocycles. The van der Waals surface area contributed by atoms with E-state index >= 15 is 0 Å². The van der Waals surface area contributed by atoms with Gasteiger partial charge in [0.25, 0.3) is 5.89 Å². The molecule has 0 aliphatic rings. The Morgan fingerprint density at radius 1 is 1.03 bits per heavy atom. The first-order chi connectivity index (χ1) is 14.2. The highest BCUT2D eigenvalue weighted by molar-refractivity contribution is 5.54.